The van der Waals surface area contributed by atoms with E-state index in [0.29, 0.717) is 22.5 Å². The van der Waals surface area contributed by atoms with Crippen LogP contribution in [0, 0.1) is 17.0 Å². The van der Waals surface area contributed by atoms with Gasteiger partial charge in [-0.05, 0) is 24.2 Å². The minimum atomic E-state index is -2.00. The van der Waals surface area contributed by atoms with E-state index < -0.39 is 14.1 Å². The van der Waals surface area contributed by atoms with E-state index in [4.69, 9.17) is 9.16 Å². The first-order valence-electron chi connectivity index (χ1n) is 10.4. The summed E-state index contributed by atoms with van der Waals surface area (Å²) < 4.78 is 41.4. The molecular weight excluding hydrogens is 402 g/mol. The van der Waals surface area contributed by atoms with Crippen LogP contribution in [-0.2, 0) is 15.8 Å². The highest BCUT2D eigenvalue weighted by molar-refractivity contribution is 6.74. The average molecular weight is 433 g/mol. The molecule has 0 saturated carbocycles. The zero-order valence-corrected chi connectivity index (χ0v) is 19.4. The van der Waals surface area contributed by atoms with Crippen molar-refractivity contribution in [3.05, 3.63) is 47.7 Å². The topological polar surface area (TPSA) is 34.6 Å². The van der Waals surface area contributed by atoms with Gasteiger partial charge in [-0.3, -0.25) is 0 Å². The molecule has 0 atom stereocenters. The van der Waals surface area contributed by atoms with Gasteiger partial charge in [-0.15, -0.1) is 0 Å². The molecule has 1 aromatic heterocycles. The third-order valence-electron chi connectivity index (χ3n) is 6.77. The van der Waals surface area contributed by atoms with E-state index in [1.807, 2.05) is 4.90 Å². The van der Waals surface area contributed by atoms with Crippen LogP contribution < -0.4 is 4.90 Å². The van der Waals surface area contributed by atoms with Gasteiger partial charge in [0.1, 0.15) is 5.82 Å². The molecule has 0 unspecified atom stereocenters. The molecule has 4 nitrogen and oxygen atoms in total. The lowest BCUT2D eigenvalue weighted by atomic mass is 9.78. The van der Waals surface area contributed by atoms with Gasteiger partial charge >= 0.3 is 0 Å². The number of rotatable bonds is 5. The molecule has 2 saturated heterocycles. The molecule has 0 aliphatic carbocycles. The lowest BCUT2D eigenvalue weighted by Gasteiger charge is -2.55. The summed E-state index contributed by atoms with van der Waals surface area (Å²) in [7, 11) is -2.00. The first kappa shape index (κ1) is 21.4. The summed E-state index contributed by atoms with van der Waals surface area (Å²) in [4.78, 5) is 6.23. The number of nitrogens with zero attached hydrogens (tertiary/aromatic N) is 2. The maximum absolute atomic E-state index is 15.2. The molecule has 1 aromatic carbocycles. The molecule has 0 bridgehead atoms. The van der Waals surface area contributed by atoms with Crippen molar-refractivity contribution in [1.82, 2.24) is 4.98 Å². The van der Waals surface area contributed by atoms with Gasteiger partial charge in [0, 0.05) is 36.0 Å². The normalized spacial score (nSPS) is 18.3. The Balaban J connectivity index is 1.52. The second-order valence-corrected chi connectivity index (χ2v) is 15.0. The summed E-state index contributed by atoms with van der Waals surface area (Å²) in [6, 6.07) is 6.54. The summed E-state index contributed by atoms with van der Waals surface area (Å²) in [5.41, 5.74) is 1.44. The van der Waals surface area contributed by atoms with Gasteiger partial charge in [0.25, 0.3) is 0 Å². The molecule has 0 amide bonds. The standard InChI is InChI=1S/C23H30F2N2O2Si/c1-22(2,3)30(4,5)29-11-16-7-6-8-18(20(16)25)17-9-19(24)21(26-10-17)27-12-23(13-27)14-28-15-23/h6-10H,11-15H2,1-5H3. The Morgan fingerprint density at radius 1 is 1.20 bits per heavy atom. The van der Waals surface area contributed by atoms with Gasteiger partial charge in [-0.1, -0.05) is 39.0 Å². The van der Waals surface area contributed by atoms with Gasteiger partial charge in [0.15, 0.2) is 20.0 Å². The Kier molecular flexibility index (Phi) is 5.27. The molecule has 7 heteroatoms. The van der Waals surface area contributed by atoms with Crippen LogP contribution >= 0.6 is 0 Å². The van der Waals surface area contributed by atoms with Gasteiger partial charge in [-0.2, -0.15) is 0 Å². The van der Waals surface area contributed by atoms with E-state index in [-0.39, 0.29) is 22.9 Å². The van der Waals surface area contributed by atoms with Gasteiger partial charge in [0.2, 0.25) is 0 Å². The van der Waals surface area contributed by atoms with Crippen molar-refractivity contribution in [2.75, 3.05) is 31.2 Å². The van der Waals surface area contributed by atoms with Gasteiger partial charge < -0.3 is 14.1 Å². The van der Waals surface area contributed by atoms with E-state index in [9.17, 15) is 4.39 Å². The Morgan fingerprint density at radius 3 is 2.47 bits per heavy atom. The van der Waals surface area contributed by atoms with Gasteiger partial charge in [0.05, 0.1) is 25.2 Å². The smallest absolute Gasteiger partial charge is 0.192 e. The van der Waals surface area contributed by atoms with E-state index in [2.05, 4.69) is 38.8 Å². The summed E-state index contributed by atoms with van der Waals surface area (Å²) >= 11 is 0. The second kappa shape index (κ2) is 7.39. The van der Waals surface area contributed by atoms with Crippen LogP contribution in [0.25, 0.3) is 11.1 Å². The fourth-order valence-corrected chi connectivity index (χ4v) is 4.64. The summed E-state index contributed by atoms with van der Waals surface area (Å²) in [5, 5.41) is 0.0466. The molecule has 0 radical (unpaired) electrons. The lowest BCUT2D eigenvalue weighted by molar-refractivity contribution is -0.127. The molecule has 2 aliphatic heterocycles. The SMILES string of the molecule is CC(C)(C)[Si](C)(C)OCc1cccc(-c2cnc(N3CC4(COC4)C3)c(F)c2)c1F. The van der Waals surface area contributed by atoms with Crippen LogP contribution in [0.15, 0.2) is 30.5 Å². The molecule has 4 rings (SSSR count). The molecule has 162 valence electrons. The predicted molar refractivity (Wildman–Crippen MR) is 117 cm³/mol. The third kappa shape index (κ3) is 3.79. The number of hydrogen-bond donors (Lipinski definition) is 0. The molecule has 0 N–H and O–H groups in total. The maximum atomic E-state index is 15.2. The molecular formula is C23H30F2N2O2Si. The molecule has 2 fully saturated rings. The number of anilines is 1. The fraction of sp³-hybridized carbons (Fsp3) is 0.522. The number of benzene rings is 1. The number of pyridine rings is 1. The second-order valence-electron chi connectivity index (χ2n) is 10.2. The van der Waals surface area contributed by atoms with Crippen LogP contribution in [0.5, 0.6) is 0 Å². The monoisotopic (exact) mass is 432 g/mol. The van der Waals surface area contributed by atoms with Crippen LogP contribution in [0.2, 0.25) is 18.1 Å². The fourth-order valence-electron chi connectivity index (χ4n) is 3.69. The Hall–Kier alpha value is -1.83. The molecule has 2 aromatic rings. The van der Waals surface area contributed by atoms with E-state index in [0.717, 1.165) is 26.3 Å². The Bertz CT molecular complexity index is 947. The quantitative estimate of drug-likeness (QED) is 0.594. The van der Waals surface area contributed by atoms with Crippen molar-refractivity contribution < 1.29 is 17.9 Å². The minimum absolute atomic E-state index is 0.0466. The largest absolute Gasteiger partial charge is 0.412 e. The van der Waals surface area contributed by atoms with Crippen LogP contribution in [0.4, 0.5) is 14.6 Å². The molecule has 2 aliphatic rings. The van der Waals surface area contributed by atoms with Crippen molar-refractivity contribution in [3.63, 3.8) is 0 Å². The average Bonchev–Trinajstić information content (AvgIpc) is 2.59. The molecule has 1 spiro atoms. The number of halogens is 2. The Morgan fingerprint density at radius 2 is 1.90 bits per heavy atom. The Labute approximate surface area is 178 Å². The first-order chi connectivity index (χ1) is 14.0. The summed E-state index contributed by atoms with van der Waals surface area (Å²) in [6.45, 7) is 13.9. The highest BCUT2D eigenvalue weighted by Crippen LogP contribution is 2.41. The van der Waals surface area contributed by atoms with Gasteiger partial charge in [-0.25, -0.2) is 13.8 Å². The zero-order chi connectivity index (χ0) is 21.7. The third-order valence-corrected chi connectivity index (χ3v) is 11.3. The maximum Gasteiger partial charge on any atom is 0.192 e. The molecule has 3 heterocycles. The molecule has 30 heavy (non-hydrogen) atoms. The summed E-state index contributed by atoms with van der Waals surface area (Å²) in [5.74, 6) is -0.473. The van der Waals surface area contributed by atoms with Crippen LogP contribution in [0.1, 0.15) is 26.3 Å². The highest BCUT2D eigenvalue weighted by Gasteiger charge is 2.50. The minimum Gasteiger partial charge on any atom is -0.412 e. The van der Waals surface area contributed by atoms with E-state index in [1.165, 1.54) is 6.07 Å². The van der Waals surface area contributed by atoms with Crippen LogP contribution in [0.3, 0.4) is 0 Å². The van der Waals surface area contributed by atoms with Crippen molar-refractivity contribution >= 4 is 14.1 Å². The van der Waals surface area contributed by atoms with E-state index in [1.54, 1.807) is 24.4 Å². The van der Waals surface area contributed by atoms with Crippen molar-refractivity contribution in [2.45, 2.75) is 45.5 Å². The van der Waals surface area contributed by atoms with Crippen molar-refractivity contribution in [3.8, 4) is 11.1 Å². The van der Waals surface area contributed by atoms with Crippen LogP contribution in [-0.4, -0.2) is 39.6 Å². The zero-order valence-electron chi connectivity index (χ0n) is 18.4. The number of hydrogen-bond acceptors (Lipinski definition) is 4. The van der Waals surface area contributed by atoms with Crippen molar-refractivity contribution in [2.24, 2.45) is 5.41 Å². The summed E-state index contributed by atoms with van der Waals surface area (Å²) in [6.07, 6.45) is 1.55. The number of aromatic nitrogens is 1. The highest BCUT2D eigenvalue weighted by atomic mass is 28.4. The lowest BCUT2D eigenvalue weighted by Crippen LogP contribution is -2.66. The number of ether oxygens (including phenoxy) is 1. The van der Waals surface area contributed by atoms with E-state index >= 15 is 4.39 Å². The van der Waals surface area contributed by atoms with Crippen molar-refractivity contribution in [1.29, 1.82) is 0 Å². The first-order valence-corrected chi connectivity index (χ1v) is 13.3. The predicted octanol–water partition coefficient (Wildman–Crippen LogP) is 5.39.